The van der Waals surface area contributed by atoms with Crippen molar-refractivity contribution in [3.63, 3.8) is 0 Å². The Labute approximate surface area is 156 Å². The molecule has 3 rings (SSSR count). The minimum Gasteiger partial charge on any atom is -0.337 e. The van der Waals surface area contributed by atoms with Crippen LogP contribution in [0.3, 0.4) is 0 Å². The zero-order valence-electron chi connectivity index (χ0n) is 14.0. The molecule has 2 aromatic carbocycles. The van der Waals surface area contributed by atoms with E-state index in [1.54, 1.807) is 0 Å². The van der Waals surface area contributed by atoms with Crippen LogP contribution >= 0.6 is 24.4 Å². The van der Waals surface area contributed by atoms with Crippen molar-refractivity contribution >= 4 is 47.4 Å². The maximum atomic E-state index is 5.14. The number of aromatic nitrogens is 3. The first-order valence-corrected chi connectivity index (χ1v) is 8.77. The lowest BCUT2D eigenvalue weighted by Crippen LogP contribution is -2.26. The monoisotopic (exact) mass is 369 g/mol. The van der Waals surface area contributed by atoms with E-state index in [2.05, 4.69) is 57.2 Å². The van der Waals surface area contributed by atoms with Crippen molar-refractivity contribution in [1.29, 1.82) is 0 Å². The number of rotatable bonds is 5. The van der Waals surface area contributed by atoms with E-state index in [0.29, 0.717) is 15.5 Å². The Bertz CT molecular complexity index is 934. The molecule has 0 bridgehead atoms. The van der Waals surface area contributed by atoms with Crippen molar-refractivity contribution < 1.29 is 0 Å². The van der Waals surface area contributed by atoms with Gasteiger partial charge in [0.25, 0.3) is 0 Å². The Morgan fingerprint density at radius 1 is 0.960 bits per heavy atom. The minimum absolute atomic E-state index is 0.274. The van der Waals surface area contributed by atoms with Crippen LogP contribution in [0.1, 0.15) is 13.8 Å². The molecule has 1 aromatic heterocycles. The topological polar surface area (TPSA) is 59.7 Å². The Kier molecular flexibility index (Phi) is 5.25. The van der Waals surface area contributed by atoms with Crippen molar-refractivity contribution in [3.8, 4) is 0 Å². The lowest BCUT2D eigenvalue weighted by molar-refractivity contribution is 0.789. The molecular weight excluding hydrogens is 350 g/mol. The van der Waals surface area contributed by atoms with Crippen molar-refractivity contribution in [2.75, 3.05) is 10.2 Å². The van der Waals surface area contributed by atoms with Gasteiger partial charge in [-0.05, 0) is 62.5 Å². The second kappa shape index (κ2) is 7.58. The summed E-state index contributed by atoms with van der Waals surface area (Å²) in [5.74, 6) is 0.512. The van der Waals surface area contributed by atoms with Crippen LogP contribution in [0.4, 0.5) is 23.0 Å². The molecule has 25 heavy (non-hydrogen) atoms. The SMILES string of the molecule is CC(C)N(c1ccccc1)c1ccccc1Nc1nc(=S)[nH]c(=S)[nH]1. The van der Waals surface area contributed by atoms with E-state index in [1.807, 2.05) is 36.4 Å². The van der Waals surface area contributed by atoms with Crippen molar-refractivity contribution in [2.45, 2.75) is 19.9 Å². The number of nitrogens with zero attached hydrogens (tertiary/aromatic N) is 2. The number of benzene rings is 2. The first-order valence-electron chi connectivity index (χ1n) is 7.95. The normalized spacial score (nSPS) is 10.7. The predicted octanol–water partition coefficient (Wildman–Crippen LogP) is 5.49. The molecule has 3 N–H and O–H groups in total. The molecule has 0 amide bonds. The Morgan fingerprint density at radius 2 is 1.64 bits per heavy atom. The molecule has 3 aromatic rings. The van der Waals surface area contributed by atoms with Crippen LogP contribution in [0, 0.1) is 9.54 Å². The minimum atomic E-state index is 0.274. The Balaban J connectivity index is 2.05. The number of para-hydroxylation sites is 3. The fourth-order valence-corrected chi connectivity index (χ4v) is 3.12. The Morgan fingerprint density at radius 3 is 2.32 bits per heavy atom. The summed E-state index contributed by atoms with van der Waals surface area (Å²) in [6.07, 6.45) is 0. The van der Waals surface area contributed by atoms with Gasteiger partial charge in [-0.15, -0.1) is 0 Å². The van der Waals surface area contributed by atoms with Gasteiger partial charge in [0.05, 0.1) is 11.4 Å². The van der Waals surface area contributed by atoms with Crippen molar-refractivity contribution in [1.82, 2.24) is 15.0 Å². The summed E-state index contributed by atoms with van der Waals surface area (Å²) in [5.41, 5.74) is 3.08. The third kappa shape index (κ3) is 4.12. The average molecular weight is 370 g/mol. The highest BCUT2D eigenvalue weighted by Crippen LogP contribution is 2.34. The van der Waals surface area contributed by atoms with Crippen LogP contribution in [0.25, 0.3) is 0 Å². The van der Waals surface area contributed by atoms with Gasteiger partial charge in [0.2, 0.25) is 10.7 Å². The van der Waals surface area contributed by atoms with Gasteiger partial charge in [-0.25, -0.2) is 0 Å². The average Bonchev–Trinajstić information content (AvgIpc) is 2.56. The molecule has 1 heterocycles. The zero-order valence-corrected chi connectivity index (χ0v) is 15.6. The number of anilines is 4. The van der Waals surface area contributed by atoms with E-state index in [9.17, 15) is 0 Å². The zero-order chi connectivity index (χ0) is 17.8. The standard InChI is InChI=1S/C18H19N5S2/c1-12(2)23(13-8-4-3-5-9-13)15-11-7-6-10-14(15)19-16-20-17(24)22-18(25)21-16/h3-12H,1-2H3,(H3,19,20,21,22,24,25). The lowest BCUT2D eigenvalue weighted by Gasteiger charge is -2.31. The van der Waals surface area contributed by atoms with Gasteiger partial charge in [0.1, 0.15) is 0 Å². The summed E-state index contributed by atoms with van der Waals surface area (Å²) in [7, 11) is 0. The van der Waals surface area contributed by atoms with Crippen LogP contribution in [0.5, 0.6) is 0 Å². The molecule has 0 aliphatic rings. The molecule has 7 heteroatoms. The van der Waals surface area contributed by atoms with Crippen LogP contribution in [0.15, 0.2) is 54.6 Å². The van der Waals surface area contributed by atoms with Gasteiger partial charge in [0, 0.05) is 11.7 Å². The summed E-state index contributed by atoms with van der Waals surface area (Å²) >= 11 is 10.2. The highest BCUT2D eigenvalue weighted by Gasteiger charge is 2.16. The molecule has 0 saturated heterocycles. The maximum Gasteiger partial charge on any atom is 0.209 e. The molecule has 5 nitrogen and oxygen atoms in total. The van der Waals surface area contributed by atoms with E-state index in [0.717, 1.165) is 17.1 Å². The van der Waals surface area contributed by atoms with Crippen molar-refractivity contribution in [2.24, 2.45) is 0 Å². The summed E-state index contributed by atoms with van der Waals surface area (Å²) in [4.78, 5) is 12.3. The van der Waals surface area contributed by atoms with E-state index in [1.165, 1.54) is 0 Å². The number of aromatic amines is 2. The molecule has 0 radical (unpaired) electrons. The van der Waals surface area contributed by atoms with Crippen LogP contribution in [0.2, 0.25) is 0 Å². The van der Waals surface area contributed by atoms with Gasteiger partial charge in [-0.3, -0.25) is 0 Å². The van der Waals surface area contributed by atoms with Crippen LogP contribution in [-0.2, 0) is 0 Å². The molecule has 0 fully saturated rings. The smallest absolute Gasteiger partial charge is 0.209 e. The molecular formula is C18H19N5S2. The molecule has 0 spiro atoms. The van der Waals surface area contributed by atoms with Gasteiger partial charge in [0.15, 0.2) is 4.77 Å². The molecule has 0 atom stereocenters. The quantitative estimate of drug-likeness (QED) is 0.519. The van der Waals surface area contributed by atoms with Gasteiger partial charge in [-0.2, -0.15) is 4.98 Å². The second-order valence-electron chi connectivity index (χ2n) is 5.79. The summed E-state index contributed by atoms with van der Waals surface area (Å²) in [6, 6.07) is 18.6. The van der Waals surface area contributed by atoms with Crippen molar-refractivity contribution in [3.05, 3.63) is 64.1 Å². The molecule has 0 saturated carbocycles. The largest absolute Gasteiger partial charge is 0.337 e. The van der Waals surface area contributed by atoms with E-state index in [-0.39, 0.29) is 6.04 Å². The third-order valence-corrected chi connectivity index (χ3v) is 4.03. The second-order valence-corrected chi connectivity index (χ2v) is 6.58. The van der Waals surface area contributed by atoms with Gasteiger partial charge in [-0.1, -0.05) is 30.3 Å². The molecule has 0 unspecified atom stereocenters. The highest BCUT2D eigenvalue weighted by molar-refractivity contribution is 7.71. The van der Waals surface area contributed by atoms with E-state index < -0.39 is 0 Å². The van der Waals surface area contributed by atoms with E-state index >= 15 is 0 Å². The van der Waals surface area contributed by atoms with Gasteiger partial charge >= 0.3 is 0 Å². The fourth-order valence-electron chi connectivity index (χ4n) is 2.67. The lowest BCUT2D eigenvalue weighted by atomic mass is 10.1. The Hall–Kier alpha value is -2.51. The molecule has 0 aliphatic heterocycles. The number of hydrogen-bond acceptors (Lipinski definition) is 5. The van der Waals surface area contributed by atoms with Crippen LogP contribution < -0.4 is 10.2 Å². The van der Waals surface area contributed by atoms with E-state index in [4.69, 9.17) is 24.4 Å². The molecule has 0 aliphatic carbocycles. The summed E-state index contributed by atoms with van der Waals surface area (Å²) < 4.78 is 0.774. The summed E-state index contributed by atoms with van der Waals surface area (Å²) in [6.45, 7) is 4.32. The first kappa shape index (κ1) is 17.3. The van der Waals surface area contributed by atoms with Gasteiger partial charge < -0.3 is 20.2 Å². The maximum absolute atomic E-state index is 5.14. The molecule has 128 valence electrons. The fraction of sp³-hybridized carbons (Fsp3) is 0.167. The third-order valence-electron chi connectivity index (χ3n) is 3.63. The van der Waals surface area contributed by atoms with Crippen LogP contribution in [-0.4, -0.2) is 21.0 Å². The first-order chi connectivity index (χ1) is 12.0. The summed E-state index contributed by atoms with van der Waals surface area (Å²) in [5, 5.41) is 3.30. The number of hydrogen-bond donors (Lipinski definition) is 3. The number of nitrogens with one attached hydrogen (secondary N) is 3. The number of H-pyrrole nitrogens is 2. The highest BCUT2D eigenvalue weighted by atomic mass is 32.1. The predicted molar refractivity (Wildman–Crippen MR) is 108 cm³/mol.